The Balaban J connectivity index is 2.01. The van der Waals surface area contributed by atoms with E-state index in [9.17, 15) is 0 Å². The average molecular weight is 219 g/mol. The minimum Gasteiger partial charge on any atom is -0.496 e. The molecular formula is C14H21NO. The molecule has 1 aromatic rings. The second-order valence-corrected chi connectivity index (χ2v) is 4.61. The summed E-state index contributed by atoms with van der Waals surface area (Å²) in [5.74, 6) is 1.02. The van der Waals surface area contributed by atoms with E-state index in [0.717, 1.165) is 12.2 Å². The molecule has 0 amide bonds. The van der Waals surface area contributed by atoms with E-state index in [1.54, 1.807) is 7.11 Å². The van der Waals surface area contributed by atoms with Crippen molar-refractivity contribution in [3.63, 3.8) is 0 Å². The van der Waals surface area contributed by atoms with Crippen molar-refractivity contribution < 1.29 is 4.74 Å². The highest BCUT2D eigenvalue weighted by Crippen LogP contribution is 2.22. The van der Waals surface area contributed by atoms with Crippen molar-refractivity contribution in [1.29, 1.82) is 0 Å². The largest absolute Gasteiger partial charge is 0.496 e. The lowest BCUT2D eigenvalue weighted by Gasteiger charge is -2.24. The lowest BCUT2D eigenvalue weighted by atomic mass is 10.1. The van der Waals surface area contributed by atoms with Crippen LogP contribution in [0.15, 0.2) is 24.3 Å². The zero-order valence-electron chi connectivity index (χ0n) is 10.3. The van der Waals surface area contributed by atoms with Gasteiger partial charge in [-0.25, -0.2) is 0 Å². The number of benzene rings is 1. The van der Waals surface area contributed by atoms with Crippen molar-refractivity contribution in [3.8, 4) is 5.75 Å². The first kappa shape index (κ1) is 11.5. The van der Waals surface area contributed by atoms with E-state index in [2.05, 4.69) is 24.0 Å². The summed E-state index contributed by atoms with van der Waals surface area (Å²) in [6, 6.07) is 8.97. The summed E-state index contributed by atoms with van der Waals surface area (Å²) in [5, 5.41) is 0. The van der Waals surface area contributed by atoms with Crippen molar-refractivity contribution in [1.82, 2.24) is 4.90 Å². The highest BCUT2D eigenvalue weighted by atomic mass is 16.5. The Bertz CT molecular complexity index is 331. The number of ether oxygens (including phenoxy) is 1. The summed E-state index contributed by atoms with van der Waals surface area (Å²) in [6.45, 7) is 4.84. The molecule has 0 N–H and O–H groups in total. The maximum Gasteiger partial charge on any atom is 0.122 e. The van der Waals surface area contributed by atoms with E-state index in [1.165, 1.54) is 31.5 Å². The van der Waals surface area contributed by atoms with Gasteiger partial charge in [-0.05, 0) is 50.9 Å². The minimum absolute atomic E-state index is 0.624. The molecule has 2 nitrogen and oxygen atoms in total. The second-order valence-electron chi connectivity index (χ2n) is 4.61. The van der Waals surface area contributed by atoms with Gasteiger partial charge in [0.25, 0.3) is 0 Å². The van der Waals surface area contributed by atoms with E-state index >= 15 is 0 Å². The third-order valence-corrected chi connectivity index (χ3v) is 3.47. The van der Waals surface area contributed by atoms with Crippen LogP contribution in [-0.4, -0.2) is 31.1 Å². The van der Waals surface area contributed by atoms with Gasteiger partial charge < -0.3 is 9.64 Å². The fraction of sp³-hybridized carbons (Fsp3) is 0.571. The van der Waals surface area contributed by atoms with Crippen LogP contribution in [0.1, 0.15) is 25.3 Å². The van der Waals surface area contributed by atoms with Crippen LogP contribution < -0.4 is 4.74 Å². The fourth-order valence-electron chi connectivity index (χ4n) is 2.50. The molecule has 0 radical (unpaired) electrons. The maximum atomic E-state index is 5.39. The molecule has 1 aliphatic heterocycles. The van der Waals surface area contributed by atoms with Gasteiger partial charge in [0.05, 0.1) is 7.11 Å². The molecule has 2 heteroatoms. The number of hydrogen-bond acceptors (Lipinski definition) is 2. The van der Waals surface area contributed by atoms with Gasteiger partial charge >= 0.3 is 0 Å². The number of nitrogens with zero attached hydrogens (tertiary/aromatic N) is 1. The summed E-state index contributed by atoms with van der Waals surface area (Å²) in [7, 11) is 1.75. The second kappa shape index (κ2) is 5.35. The van der Waals surface area contributed by atoms with Gasteiger partial charge in [-0.3, -0.25) is 0 Å². The molecule has 1 heterocycles. The molecule has 88 valence electrons. The molecule has 0 unspecified atom stereocenters. The van der Waals surface area contributed by atoms with E-state index < -0.39 is 0 Å². The first-order valence-corrected chi connectivity index (χ1v) is 6.17. The molecule has 1 fully saturated rings. The lowest BCUT2D eigenvalue weighted by Crippen LogP contribution is -2.31. The summed E-state index contributed by atoms with van der Waals surface area (Å²) in [5.41, 5.74) is 1.32. The van der Waals surface area contributed by atoms with E-state index in [0.29, 0.717) is 6.04 Å². The molecule has 0 aliphatic carbocycles. The van der Waals surface area contributed by atoms with Gasteiger partial charge in [-0.2, -0.15) is 0 Å². The Morgan fingerprint density at radius 1 is 1.25 bits per heavy atom. The van der Waals surface area contributed by atoms with Crippen LogP contribution >= 0.6 is 0 Å². The number of likely N-dealkylation sites (tertiary alicyclic amines) is 1. The van der Waals surface area contributed by atoms with Crippen molar-refractivity contribution in [2.24, 2.45) is 0 Å². The van der Waals surface area contributed by atoms with Crippen LogP contribution in [0.3, 0.4) is 0 Å². The van der Waals surface area contributed by atoms with Crippen LogP contribution in [-0.2, 0) is 6.42 Å². The first-order valence-electron chi connectivity index (χ1n) is 6.17. The first-order chi connectivity index (χ1) is 7.81. The Morgan fingerprint density at radius 3 is 2.62 bits per heavy atom. The molecule has 16 heavy (non-hydrogen) atoms. The smallest absolute Gasteiger partial charge is 0.122 e. The van der Waals surface area contributed by atoms with E-state index in [1.807, 2.05) is 12.1 Å². The summed E-state index contributed by atoms with van der Waals surface area (Å²) < 4.78 is 5.39. The molecule has 1 saturated heterocycles. The van der Waals surface area contributed by atoms with Crippen LogP contribution in [0.4, 0.5) is 0 Å². The maximum absolute atomic E-state index is 5.39. The number of hydrogen-bond donors (Lipinski definition) is 0. The van der Waals surface area contributed by atoms with Crippen LogP contribution in [0, 0.1) is 0 Å². The normalized spacial score (nSPS) is 18.6. The van der Waals surface area contributed by atoms with Gasteiger partial charge in [0.1, 0.15) is 5.75 Å². The van der Waals surface area contributed by atoms with Gasteiger partial charge in [-0.15, -0.1) is 0 Å². The average Bonchev–Trinajstić information content (AvgIpc) is 2.83. The SMILES string of the molecule is COc1ccccc1C[C@H](C)N1CCCC1. The fourth-order valence-corrected chi connectivity index (χ4v) is 2.50. The zero-order chi connectivity index (χ0) is 11.4. The summed E-state index contributed by atoms with van der Waals surface area (Å²) in [4.78, 5) is 2.58. The van der Waals surface area contributed by atoms with E-state index in [-0.39, 0.29) is 0 Å². The van der Waals surface area contributed by atoms with Crippen LogP contribution in [0.5, 0.6) is 5.75 Å². The molecular weight excluding hydrogens is 198 g/mol. The Kier molecular flexibility index (Phi) is 3.83. The number of rotatable bonds is 4. The summed E-state index contributed by atoms with van der Waals surface area (Å²) in [6.07, 6.45) is 3.80. The van der Waals surface area contributed by atoms with Crippen molar-refractivity contribution in [2.75, 3.05) is 20.2 Å². The highest BCUT2D eigenvalue weighted by Gasteiger charge is 2.19. The van der Waals surface area contributed by atoms with Gasteiger partial charge in [0.2, 0.25) is 0 Å². The topological polar surface area (TPSA) is 12.5 Å². The molecule has 0 saturated carbocycles. The van der Waals surface area contributed by atoms with Crippen LogP contribution in [0.2, 0.25) is 0 Å². The molecule has 0 spiro atoms. The Morgan fingerprint density at radius 2 is 1.94 bits per heavy atom. The van der Waals surface area contributed by atoms with E-state index in [4.69, 9.17) is 4.74 Å². The molecule has 0 bridgehead atoms. The molecule has 1 aromatic carbocycles. The predicted molar refractivity (Wildman–Crippen MR) is 67.0 cm³/mol. The predicted octanol–water partition coefficient (Wildman–Crippen LogP) is 2.72. The quantitative estimate of drug-likeness (QED) is 0.772. The summed E-state index contributed by atoms with van der Waals surface area (Å²) >= 11 is 0. The lowest BCUT2D eigenvalue weighted by molar-refractivity contribution is 0.256. The molecule has 1 aliphatic rings. The number of methoxy groups -OCH3 is 1. The monoisotopic (exact) mass is 219 g/mol. The molecule has 1 atom stereocenters. The molecule has 2 rings (SSSR count). The Labute approximate surface area is 98.2 Å². The zero-order valence-corrected chi connectivity index (χ0v) is 10.3. The van der Waals surface area contributed by atoms with Gasteiger partial charge in [-0.1, -0.05) is 18.2 Å². The highest BCUT2D eigenvalue weighted by molar-refractivity contribution is 5.33. The van der Waals surface area contributed by atoms with Crippen molar-refractivity contribution in [3.05, 3.63) is 29.8 Å². The third kappa shape index (κ3) is 2.56. The molecule has 0 aromatic heterocycles. The van der Waals surface area contributed by atoms with Crippen LogP contribution in [0.25, 0.3) is 0 Å². The number of para-hydroxylation sites is 1. The standard InChI is InChI=1S/C14H21NO/c1-12(15-9-5-6-10-15)11-13-7-3-4-8-14(13)16-2/h3-4,7-8,12H,5-6,9-11H2,1-2H3/t12-/m0/s1. The van der Waals surface area contributed by atoms with Crippen molar-refractivity contribution >= 4 is 0 Å². The Hall–Kier alpha value is -1.02. The minimum atomic E-state index is 0.624. The van der Waals surface area contributed by atoms with Gasteiger partial charge in [0, 0.05) is 6.04 Å². The third-order valence-electron chi connectivity index (χ3n) is 3.47. The van der Waals surface area contributed by atoms with Crippen molar-refractivity contribution in [2.45, 2.75) is 32.2 Å². The van der Waals surface area contributed by atoms with Gasteiger partial charge in [0.15, 0.2) is 0 Å².